The fourth-order valence-electron chi connectivity index (χ4n) is 2.00. The number of nitrogens with one attached hydrogen (secondary N) is 2. The van der Waals surface area contributed by atoms with Crippen LogP contribution < -0.4 is 10.6 Å². The van der Waals surface area contributed by atoms with Crippen LogP contribution in [-0.2, 0) is 9.53 Å². The molecule has 0 spiro atoms. The summed E-state index contributed by atoms with van der Waals surface area (Å²) in [4.78, 5) is 11.7. The lowest BCUT2D eigenvalue weighted by Crippen LogP contribution is -2.41. The number of hydrogen-bond donors (Lipinski definition) is 2. The van der Waals surface area contributed by atoms with Crippen LogP contribution in [0.3, 0.4) is 0 Å². The molecule has 0 aromatic heterocycles. The van der Waals surface area contributed by atoms with Crippen molar-refractivity contribution < 1.29 is 9.53 Å². The third-order valence-corrected chi connectivity index (χ3v) is 3.26. The molecule has 1 atom stereocenters. The van der Waals surface area contributed by atoms with Crippen LogP contribution in [0.4, 0.5) is 0 Å². The van der Waals surface area contributed by atoms with E-state index >= 15 is 0 Å². The van der Waals surface area contributed by atoms with Gasteiger partial charge >= 0.3 is 0 Å². The molecule has 1 saturated heterocycles. The zero-order chi connectivity index (χ0) is 11.2. The van der Waals surface area contributed by atoms with E-state index in [1.54, 1.807) is 0 Å². The summed E-state index contributed by atoms with van der Waals surface area (Å²) in [5, 5.41) is 6.19. The van der Waals surface area contributed by atoms with Gasteiger partial charge in [-0.05, 0) is 38.1 Å². The molecule has 2 fully saturated rings. The molecule has 0 radical (unpaired) electrons. The van der Waals surface area contributed by atoms with Gasteiger partial charge in [0.2, 0.25) is 5.91 Å². The van der Waals surface area contributed by atoms with Crippen molar-refractivity contribution in [1.29, 1.82) is 0 Å². The molecular formula is C12H22N2O2. The number of carbonyl (C=O) groups is 1. The number of amides is 1. The minimum Gasteiger partial charge on any atom is -0.379 e. The van der Waals surface area contributed by atoms with Gasteiger partial charge in [-0.1, -0.05) is 0 Å². The van der Waals surface area contributed by atoms with Gasteiger partial charge < -0.3 is 15.4 Å². The van der Waals surface area contributed by atoms with Crippen molar-refractivity contribution in [2.45, 2.75) is 25.7 Å². The summed E-state index contributed by atoms with van der Waals surface area (Å²) in [5.41, 5.74) is 0. The maximum atomic E-state index is 11.7. The van der Waals surface area contributed by atoms with Crippen LogP contribution in [0.25, 0.3) is 0 Å². The van der Waals surface area contributed by atoms with Crippen LogP contribution in [0, 0.1) is 11.8 Å². The second kappa shape index (κ2) is 6.21. The van der Waals surface area contributed by atoms with Gasteiger partial charge in [0.1, 0.15) is 0 Å². The standard InChI is InChI=1S/C12H22N2O2/c15-12(11-2-1-5-13-8-11)14-6-7-16-9-10-3-4-10/h10-11,13H,1-9H2,(H,14,15)/t11-/m0/s1. The molecule has 2 N–H and O–H groups in total. The van der Waals surface area contributed by atoms with E-state index in [2.05, 4.69) is 10.6 Å². The fraction of sp³-hybridized carbons (Fsp3) is 0.917. The van der Waals surface area contributed by atoms with Gasteiger partial charge in [-0.25, -0.2) is 0 Å². The highest BCUT2D eigenvalue weighted by molar-refractivity contribution is 5.78. The summed E-state index contributed by atoms with van der Waals surface area (Å²) < 4.78 is 5.46. The quantitative estimate of drug-likeness (QED) is 0.650. The Bertz CT molecular complexity index is 223. The molecule has 2 aliphatic rings. The summed E-state index contributed by atoms with van der Waals surface area (Å²) >= 11 is 0. The van der Waals surface area contributed by atoms with Crippen molar-refractivity contribution in [1.82, 2.24) is 10.6 Å². The lowest BCUT2D eigenvalue weighted by Gasteiger charge is -2.21. The van der Waals surface area contributed by atoms with Crippen molar-refractivity contribution in [3.05, 3.63) is 0 Å². The molecule has 1 amide bonds. The molecular weight excluding hydrogens is 204 g/mol. The van der Waals surface area contributed by atoms with Crippen LogP contribution in [0.15, 0.2) is 0 Å². The molecule has 4 heteroatoms. The normalized spacial score (nSPS) is 25.4. The lowest BCUT2D eigenvalue weighted by molar-refractivity contribution is -0.125. The molecule has 1 saturated carbocycles. The van der Waals surface area contributed by atoms with E-state index in [0.717, 1.165) is 38.5 Å². The second-order valence-electron chi connectivity index (χ2n) is 4.85. The average molecular weight is 226 g/mol. The first kappa shape index (κ1) is 11.9. The smallest absolute Gasteiger partial charge is 0.224 e. The highest BCUT2D eigenvalue weighted by atomic mass is 16.5. The Kier molecular flexibility index (Phi) is 4.60. The second-order valence-corrected chi connectivity index (χ2v) is 4.85. The molecule has 92 valence electrons. The highest BCUT2D eigenvalue weighted by Gasteiger charge is 2.22. The molecule has 2 rings (SSSR count). The highest BCUT2D eigenvalue weighted by Crippen LogP contribution is 2.28. The van der Waals surface area contributed by atoms with E-state index in [4.69, 9.17) is 4.74 Å². The summed E-state index contributed by atoms with van der Waals surface area (Å²) in [6, 6.07) is 0. The molecule has 16 heavy (non-hydrogen) atoms. The minimum absolute atomic E-state index is 0.164. The number of carbonyl (C=O) groups excluding carboxylic acids is 1. The van der Waals surface area contributed by atoms with Gasteiger partial charge in [0.25, 0.3) is 0 Å². The number of hydrogen-bond acceptors (Lipinski definition) is 3. The van der Waals surface area contributed by atoms with Crippen molar-refractivity contribution in [2.24, 2.45) is 11.8 Å². The number of piperidine rings is 1. The van der Waals surface area contributed by atoms with Crippen LogP contribution >= 0.6 is 0 Å². The van der Waals surface area contributed by atoms with Crippen LogP contribution in [0.2, 0.25) is 0 Å². The Balaban J connectivity index is 1.48. The zero-order valence-electron chi connectivity index (χ0n) is 9.84. The molecule has 1 aliphatic carbocycles. The first-order valence-corrected chi connectivity index (χ1v) is 6.42. The lowest BCUT2D eigenvalue weighted by atomic mass is 9.99. The van der Waals surface area contributed by atoms with Gasteiger partial charge in [0, 0.05) is 19.7 Å². The molecule has 1 aliphatic heterocycles. The number of ether oxygens (including phenoxy) is 1. The topological polar surface area (TPSA) is 50.4 Å². The predicted molar refractivity (Wildman–Crippen MR) is 62.1 cm³/mol. The zero-order valence-corrected chi connectivity index (χ0v) is 9.84. The Hall–Kier alpha value is -0.610. The third-order valence-electron chi connectivity index (χ3n) is 3.26. The molecule has 0 aromatic carbocycles. The van der Waals surface area contributed by atoms with Gasteiger partial charge in [-0.15, -0.1) is 0 Å². The summed E-state index contributed by atoms with van der Waals surface area (Å²) in [7, 11) is 0. The van der Waals surface area contributed by atoms with Gasteiger partial charge in [-0.3, -0.25) is 4.79 Å². The number of rotatable bonds is 6. The third kappa shape index (κ3) is 4.10. The average Bonchev–Trinajstić information content (AvgIpc) is 3.13. The molecule has 0 bridgehead atoms. The SMILES string of the molecule is O=C(NCCOCC1CC1)[C@H]1CCCNC1. The predicted octanol–water partition coefficient (Wildman–Crippen LogP) is 0.529. The fourth-order valence-corrected chi connectivity index (χ4v) is 2.00. The molecule has 0 aromatic rings. The van der Waals surface area contributed by atoms with Crippen molar-refractivity contribution in [2.75, 3.05) is 32.8 Å². The summed E-state index contributed by atoms with van der Waals surface area (Å²) in [5.74, 6) is 1.15. The van der Waals surface area contributed by atoms with E-state index in [9.17, 15) is 4.79 Å². The van der Waals surface area contributed by atoms with E-state index in [0.29, 0.717) is 13.2 Å². The van der Waals surface area contributed by atoms with Gasteiger partial charge in [0.15, 0.2) is 0 Å². The van der Waals surface area contributed by atoms with Crippen molar-refractivity contribution >= 4 is 5.91 Å². The van der Waals surface area contributed by atoms with Crippen LogP contribution in [0.1, 0.15) is 25.7 Å². The van der Waals surface area contributed by atoms with Crippen molar-refractivity contribution in [3.8, 4) is 0 Å². The first-order valence-electron chi connectivity index (χ1n) is 6.42. The molecule has 4 nitrogen and oxygen atoms in total. The van der Waals surface area contributed by atoms with Gasteiger partial charge in [-0.2, -0.15) is 0 Å². The van der Waals surface area contributed by atoms with Gasteiger partial charge in [0.05, 0.1) is 12.5 Å². The first-order chi connectivity index (χ1) is 7.86. The maximum Gasteiger partial charge on any atom is 0.224 e. The van der Waals surface area contributed by atoms with E-state index < -0.39 is 0 Å². The summed E-state index contributed by atoms with van der Waals surface area (Å²) in [6.45, 7) is 4.06. The van der Waals surface area contributed by atoms with E-state index in [-0.39, 0.29) is 11.8 Å². The van der Waals surface area contributed by atoms with Crippen LogP contribution in [0.5, 0.6) is 0 Å². The van der Waals surface area contributed by atoms with Crippen molar-refractivity contribution in [3.63, 3.8) is 0 Å². The largest absolute Gasteiger partial charge is 0.379 e. The van der Waals surface area contributed by atoms with E-state index in [1.807, 2.05) is 0 Å². The summed E-state index contributed by atoms with van der Waals surface area (Å²) in [6.07, 6.45) is 4.76. The van der Waals surface area contributed by atoms with E-state index in [1.165, 1.54) is 12.8 Å². The molecule has 1 heterocycles. The monoisotopic (exact) mass is 226 g/mol. The molecule has 0 unspecified atom stereocenters. The minimum atomic E-state index is 0.164. The Morgan fingerprint density at radius 1 is 1.38 bits per heavy atom. The Morgan fingerprint density at radius 2 is 2.25 bits per heavy atom. The Morgan fingerprint density at radius 3 is 2.94 bits per heavy atom. The van der Waals surface area contributed by atoms with Crippen LogP contribution in [-0.4, -0.2) is 38.8 Å². The maximum absolute atomic E-state index is 11.7. The Labute approximate surface area is 97.1 Å².